The Morgan fingerprint density at radius 2 is 1.69 bits per heavy atom. The van der Waals surface area contributed by atoms with Gasteiger partial charge in [0.05, 0.1) is 12.6 Å². The lowest BCUT2D eigenvalue weighted by molar-refractivity contribution is -0.149. The average Bonchev–Trinajstić information content (AvgIpc) is 2.60. The van der Waals surface area contributed by atoms with E-state index in [2.05, 4.69) is 43.0 Å². The Labute approximate surface area is 158 Å². The quantitative estimate of drug-likeness (QED) is 0.466. The van der Waals surface area contributed by atoms with Gasteiger partial charge in [0.1, 0.15) is 6.10 Å². The molecule has 1 heterocycles. The summed E-state index contributed by atoms with van der Waals surface area (Å²) in [5.41, 5.74) is 2.54. The van der Waals surface area contributed by atoms with Gasteiger partial charge in [-0.3, -0.25) is 9.69 Å². The van der Waals surface area contributed by atoms with Gasteiger partial charge in [0, 0.05) is 13.0 Å². The lowest BCUT2D eigenvalue weighted by Gasteiger charge is -2.26. The van der Waals surface area contributed by atoms with Crippen LogP contribution in [0.4, 0.5) is 0 Å². The maximum Gasteiger partial charge on any atom is 0.320 e. The van der Waals surface area contributed by atoms with Gasteiger partial charge in [-0.15, -0.1) is 0 Å². The molecule has 26 heavy (non-hydrogen) atoms. The van der Waals surface area contributed by atoms with Crippen LogP contribution < -0.4 is 0 Å². The molecule has 1 aromatic rings. The van der Waals surface area contributed by atoms with Crippen molar-refractivity contribution < 1.29 is 14.3 Å². The normalized spacial score (nSPS) is 16.6. The van der Waals surface area contributed by atoms with Gasteiger partial charge in [-0.1, -0.05) is 30.7 Å². The first-order valence-corrected chi connectivity index (χ1v) is 10.1. The number of rotatable bonds is 10. The van der Waals surface area contributed by atoms with E-state index in [-0.39, 0.29) is 12.1 Å². The third kappa shape index (κ3) is 8.33. The summed E-state index contributed by atoms with van der Waals surface area (Å²) in [6.45, 7) is 9.39. The molecule has 0 spiro atoms. The Balaban J connectivity index is 1.67. The maximum absolute atomic E-state index is 12.1. The number of benzene rings is 1. The molecule has 0 aliphatic carbocycles. The van der Waals surface area contributed by atoms with Gasteiger partial charge < -0.3 is 9.47 Å². The second kappa shape index (κ2) is 11.3. The van der Waals surface area contributed by atoms with Gasteiger partial charge in [0.25, 0.3) is 0 Å². The summed E-state index contributed by atoms with van der Waals surface area (Å²) in [6, 6.07) is 8.64. The topological polar surface area (TPSA) is 38.8 Å². The predicted octanol–water partition coefficient (Wildman–Crippen LogP) is 4.00. The molecule has 4 nitrogen and oxygen atoms in total. The van der Waals surface area contributed by atoms with Gasteiger partial charge in [-0.2, -0.15) is 0 Å². The van der Waals surface area contributed by atoms with E-state index >= 15 is 0 Å². The first-order valence-electron chi connectivity index (χ1n) is 10.1. The fourth-order valence-electron chi connectivity index (χ4n) is 3.37. The number of ether oxygens (including phenoxy) is 2. The van der Waals surface area contributed by atoms with Crippen molar-refractivity contribution in [2.75, 3.05) is 26.2 Å². The Kier molecular flexibility index (Phi) is 9.13. The standard InChI is InChI=1S/C22H35NO3/c1-18(2)25-15-7-8-20-9-11-21(12-10-20)16-19(3)26-22(24)17-23-13-5-4-6-14-23/h9-12,18-19H,4-8,13-17H2,1-3H3. The molecule has 4 heteroatoms. The molecule has 0 saturated carbocycles. The van der Waals surface area contributed by atoms with Crippen LogP contribution in [0.3, 0.4) is 0 Å². The van der Waals surface area contributed by atoms with Crippen LogP contribution in [0.15, 0.2) is 24.3 Å². The second-order valence-corrected chi connectivity index (χ2v) is 7.68. The van der Waals surface area contributed by atoms with Crippen molar-refractivity contribution in [3.8, 4) is 0 Å². The minimum absolute atomic E-state index is 0.0856. The summed E-state index contributed by atoms with van der Waals surface area (Å²) < 4.78 is 11.2. The fraction of sp³-hybridized carbons (Fsp3) is 0.682. The van der Waals surface area contributed by atoms with E-state index in [0.717, 1.165) is 39.0 Å². The minimum atomic E-state index is -0.0961. The van der Waals surface area contributed by atoms with Crippen LogP contribution in [-0.2, 0) is 27.1 Å². The van der Waals surface area contributed by atoms with E-state index in [4.69, 9.17) is 9.47 Å². The highest BCUT2D eigenvalue weighted by Crippen LogP contribution is 2.12. The number of aryl methyl sites for hydroxylation is 1. The summed E-state index contributed by atoms with van der Waals surface area (Å²) in [7, 11) is 0. The second-order valence-electron chi connectivity index (χ2n) is 7.68. The van der Waals surface area contributed by atoms with Crippen molar-refractivity contribution in [3.05, 3.63) is 35.4 Å². The Morgan fingerprint density at radius 1 is 1.04 bits per heavy atom. The third-order valence-electron chi connectivity index (χ3n) is 4.74. The van der Waals surface area contributed by atoms with Crippen molar-refractivity contribution in [1.29, 1.82) is 0 Å². The lowest BCUT2D eigenvalue weighted by Crippen LogP contribution is -2.36. The molecular formula is C22H35NO3. The number of carbonyl (C=O) groups excluding carboxylic acids is 1. The molecule has 0 amide bonds. The zero-order chi connectivity index (χ0) is 18.8. The fourth-order valence-corrected chi connectivity index (χ4v) is 3.37. The number of hydrogen-bond donors (Lipinski definition) is 0. The largest absolute Gasteiger partial charge is 0.461 e. The van der Waals surface area contributed by atoms with E-state index in [0.29, 0.717) is 12.6 Å². The number of nitrogens with zero attached hydrogens (tertiary/aromatic N) is 1. The predicted molar refractivity (Wildman–Crippen MR) is 105 cm³/mol. The van der Waals surface area contributed by atoms with Crippen LogP contribution in [0.25, 0.3) is 0 Å². The van der Waals surface area contributed by atoms with Crippen LogP contribution >= 0.6 is 0 Å². The summed E-state index contributed by atoms with van der Waals surface area (Å²) in [5.74, 6) is -0.0961. The van der Waals surface area contributed by atoms with Gasteiger partial charge in [-0.25, -0.2) is 0 Å². The summed E-state index contributed by atoms with van der Waals surface area (Å²) >= 11 is 0. The monoisotopic (exact) mass is 361 g/mol. The van der Waals surface area contributed by atoms with Gasteiger partial charge in [-0.05, 0) is 70.7 Å². The molecule has 1 saturated heterocycles. The minimum Gasteiger partial charge on any atom is -0.461 e. The Bertz CT molecular complexity index is 521. The van der Waals surface area contributed by atoms with Gasteiger partial charge in [0.2, 0.25) is 0 Å². The molecule has 1 fully saturated rings. The van der Waals surface area contributed by atoms with Crippen molar-refractivity contribution in [3.63, 3.8) is 0 Å². The van der Waals surface area contributed by atoms with E-state index in [1.54, 1.807) is 0 Å². The van der Waals surface area contributed by atoms with Crippen molar-refractivity contribution >= 4 is 5.97 Å². The third-order valence-corrected chi connectivity index (χ3v) is 4.74. The highest BCUT2D eigenvalue weighted by atomic mass is 16.5. The van der Waals surface area contributed by atoms with E-state index in [1.165, 1.54) is 30.4 Å². The van der Waals surface area contributed by atoms with Crippen molar-refractivity contribution in [2.45, 2.75) is 71.5 Å². The van der Waals surface area contributed by atoms with Crippen LogP contribution in [0, 0.1) is 0 Å². The smallest absolute Gasteiger partial charge is 0.320 e. The molecule has 1 aliphatic rings. The molecule has 1 atom stereocenters. The SMILES string of the molecule is CC(C)OCCCc1ccc(CC(C)OC(=O)CN2CCCCC2)cc1. The highest BCUT2D eigenvalue weighted by Gasteiger charge is 2.16. The van der Waals surface area contributed by atoms with E-state index in [9.17, 15) is 4.79 Å². The Hall–Kier alpha value is -1.39. The number of esters is 1. The number of likely N-dealkylation sites (tertiary alicyclic amines) is 1. The van der Waals surface area contributed by atoms with Gasteiger partial charge in [0.15, 0.2) is 0 Å². The molecule has 1 aromatic carbocycles. The van der Waals surface area contributed by atoms with E-state index < -0.39 is 0 Å². The van der Waals surface area contributed by atoms with Crippen LogP contribution in [-0.4, -0.2) is 49.3 Å². The molecule has 1 aliphatic heterocycles. The molecule has 1 unspecified atom stereocenters. The highest BCUT2D eigenvalue weighted by molar-refractivity contribution is 5.71. The van der Waals surface area contributed by atoms with Crippen molar-refractivity contribution in [1.82, 2.24) is 4.90 Å². The molecule has 0 aromatic heterocycles. The van der Waals surface area contributed by atoms with Crippen LogP contribution in [0.5, 0.6) is 0 Å². The van der Waals surface area contributed by atoms with Gasteiger partial charge >= 0.3 is 5.97 Å². The summed E-state index contributed by atoms with van der Waals surface area (Å²) in [6.07, 6.45) is 6.73. The first-order chi connectivity index (χ1) is 12.5. The maximum atomic E-state index is 12.1. The molecule has 0 N–H and O–H groups in total. The number of carbonyl (C=O) groups is 1. The first kappa shape index (κ1) is 20.9. The van der Waals surface area contributed by atoms with E-state index in [1.807, 2.05) is 6.92 Å². The summed E-state index contributed by atoms with van der Waals surface area (Å²) in [4.78, 5) is 14.3. The van der Waals surface area contributed by atoms with Crippen molar-refractivity contribution in [2.24, 2.45) is 0 Å². The zero-order valence-corrected chi connectivity index (χ0v) is 16.7. The number of hydrogen-bond acceptors (Lipinski definition) is 4. The molecule has 2 rings (SSSR count). The zero-order valence-electron chi connectivity index (χ0n) is 16.7. The summed E-state index contributed by atoms with van der Waals surface area (Å²) in [5, 5.41) is 0. The molecular weight excluding hydrogens is 326 g/mol. The average molecular weight is 362 g/mol. The van der Waals surface area contributed by atoms with Crippen LogP contribution in [0.1, 0.15) is 57.6 Å². The number of piperidine rings is 1. The molecule has 146 valence electrons. The Morgan fingerprint density at radius 3 is 2.35 bits per heavy atom. The molecule has 0 radical (unpaired) electrons. The molecule has 0 bridgehead atoms. The lowest BCUT2D eigenvalue weighted by atomic mass is 10.0. The van der Waals surface area contributed by atoms with Crippen LogP contribution in [0.2, 0.25) is 0 Å².